The van der Waals surface area contributed by atoms with Crippen molar-refractivity contribution in [1.82, 2.24) is 0 Å². The fourth-order valence-corrected chi connectivity index (χ4v) is 3.18. The Hall–Kier alpha value is -2.54. The van der Waals surface area contributed by atoms with Crippen LogP contribution in [-0.4, -0.2) is 10.2 Å². The minimum absolute atomic E-state index is 0.253. The van der Waals surface area contributed by atoms with Crippen LogP contribution in [0.25, 0.3) is 0 Å². The number of nitrogens with zero attached hydrogens (tertiary/aromatic N) is 2. The van der Waals surface area contributed by atoms with Crippen molar-refractivity contribution in [2.75, 3.05) is 0 Å². The van der Waals surface area contributed by atoms with Crippen molar-refractivity contribution in [1.29, 1.82) is 10.5 Å². The maximum Gasteiger partial charge on any atom is 0.230 e. The van der Waals surface area contributed by atoms with E-state index in [1.54, 1.807) is 48.5 Å². The van der Waals surface area contributed by atoms with Crippen molar-refractivity contribution >= 4 is 31.8 Å². The molecule has 0 fully saturated rings. The molecule has 4 nitrogen and oxygen atoms in total. The molecule has 0 aliphatic carbocycles. The second-order valence-corrected chi connectivity index (χ2v) is 6.19. The van der Waals surface area contributed by atoms with Crippen molar-refractivity contribution < 1.29 is 9.59 Å². The molecule has 0 spiro atoms. The Kier molecular flexibility index (Phi) is 5.37. The molecule has 2 aromatic rings. The molecule has 0 saturated heterocycles. The predicted molar refractivity (Wildman–Crippen MR) is 86.2 cm³/mol. The van der Waals surface area contributed by atoms with Gasteiger partial charge in [-0.25, -0.2) is 0 Å². The Morgan fingerprint density at radius 3 is 1.27 bits per heavy atom. The fraction of sp³-hybridized carbons (Fsp3) is 0. The number of hydrogen-bond donors (Lipinski definition) is 0. The molecule has 0 N–H and O–H groups in total. The van der Waals surface area contributed by atoms with Crippen LogP contribution in [0.3, 0.4) is 0 Å². The molecule has 0 atom stereocenters. The number of carbonyl (C=O) groups is 2. The highest BCUT2D eigenvalue weighted by atomic mass is 33.1. The molecule has 0 aliphatic heterocycles. The van der Waals surface area contributed by atoms with E-state index < -0.39 is 0 Å². The average molecular weight is 324 g/mol. The zero-order valence-electron chi connectivity index (χ0n) is 11.1. The molecule has 0 radical (unpaired) electrons. The standard InChI is InChI=1S/C16H8N2O2S2/c17-9-11-1-5-13(6-2-11)15(19)21-22-16(20)14-7-3-12(10-18)4-8-14/h1-8H. The average Bonchev–Trinajstić information content (AvgIpc) is 2.59. The summed E-state index contributed by atoms with van der Waals surface area (Å²) in [5.74, 6) is 0. The first-order chi connectivity index (χ1) is 10.6. The molecule has 0 heterocycles. The molecule has 0 saturated carbocycles. The minimum Gasteiger partial charge on any atom is -0.281 e. The molecule has 0 aliphatic rings. The number of hydrogen-bond acceptors (Lipinski definition) is 6. The first-order valence-corrected chi connectivity index (χ1v) is 8.22. The highest BCUT2D eigenvalue weighted by molar-refractivity contribution is 8.87. The molecule has 0 bridgehead atoms. The number of benzene rings is 2. The Labute approximate surface area is 135 Å². The molecule has 0 amide bonds. The molecular weight excluding hydrogens is 316 g/mol. The maximum absolute atomic E-state index is 11.9. The van der Waals surface area contributed by atoms with Crippen LogP contribution in [0.2, 0.25) is 0 Å². The molecular formula is C16H8N2O2S2. The van der Waals surface area contributed by atoms with Gasteiger partial charge in [0.2, 0.25) is 10.2 Å². The van der Waals surface area contributed by atoms with E-state index >= 15 is 0 Å². The summed E-state index contributed by atoms with van der Waals surface area (Å²) in [6.45, 7) is 0. The zero-order chi connectivity index (χ0) is 15.9. The van der Waals surface area contributed by atoms with Gasteiger partial charge in [0.05, 0.1) is 23.3 Å². The third-order valence-electron chi connectivity index (χ3n) is 2.69. The summed E-state index contributed by atoms with van der Waals surface area (Å²) in [6.07, 6.45) is 0. The van der Waals surface area contributed by atoms with Crippen LogP contribution >= 0.6 is 21.6 Å². The quantitative estimate of drug-likeness (QED) is 0.782. The van der Waals surface area contributed by atoms with Gasteiger partial charge in [-0.1, -0.05) is 0 Å². The van der Waals surface area contributed by atoms with E-state index in [9.17, 15) is 9.59 Å². The Morgan fingerprint density at radius 2 is 1.00 bits per heavy atom. The van der Waals surface area contributed by atoms with Crippen LogP contribution in [0.4, 0.5) is 0 Å². The maximum atomic E-state index is 11.9. The van der Waals surface area contributed by atoms with Gasteiger partial charge < -0.3 is 0 Å². The lowest BCUT2D eigenvalue weighted by molar-refractivity contribution is 0.107. The van der Waals surface area contributed by atoms with Gasteiger partial charge in [0.1, 0.15) is 0 Å². The van der Waals surface area contributed by atoms with Gasteiger partial charge in [-0.05, 0) is 70.1 Å². The van der Waals surface area contributed by atoms with E-state index in [-0.39, 0.29) is 10.2 Å². The van der Waals surface area contributed by atoms with E-state index in [0.717, 1.165) is 21.6 Å². The van der Waals surface area contributed by atoms with Crippen LogP contribution < -0.4 is 0 Å². The molecule has 2 aromatic carbocycles. The molecule has 2 rings (SSSR count). The van der Waals surface area contributed by atoms with Crippen LogP contribution in [0, 0.1) is 22.7 Å². The molecule has 0 unspecified atom stereocenters. The van der Waals surface area contributed by atoms with Crippen molar-refractivity contribution in [3.8, 4) is 12.1 Å². The highest BCUT2D eigenvalue weighted by Gasteiger charge is 2.13. The second kappa shape index (κ2) is 7.46. The van der Waals surface area contributed by atoms with Gasteiger partial charge in [0.25, 0.3) is 0 Å². The van der Waals surface area contributed by atoms with E-state index in [2.05, 4.69) is 0 Å². The van der Waals surface area contributed by atoms with E-state index in [4.69, 9.17) is 10.5 Å². The lowest BCUT2D eigenvalue weighted by Crippen LogP contribution is -1.95. The third-order valence-corrected chi connectivity index (χ3v) is 4.71. The zero-order valence-corrected chi connectivity index (χ0v) is 12.8. The lowest BCUT2D eigenvalue weighted by Gasteiger charge is -2.01. The van der Waals surface area contributed by atoms with Crippen LogP contribution in [0.15, 0.2) is 48.5 Å². The van der Waals surface area contributed by atoms with Gasteiger partial charge >= 0.3 is 0 Å². The summed E-state index contributed by atoms with van der Waals surface area (Å²) in [5, 5.41) is 16.9. The van der Waals surface area contributed by atoms with Gasteiger partial charge in [-0.3, -0.25) is 9.59 Å². The van der Waals surface area contributed by atoms with Crippen molar-refractivity contribution in [2.45, 2.75) is 0 Å². The summed E-state index contributed by atoms with van der Waals surface area (Å²) in [6, 6.07) is 16.4. The monoisotopic (exact) mass is 324 g/mol. The Balaban J connectivity index is 1.96. The number of rotatable bonds is 2. The lowest BCUT2D eigenvalue weighted by atomic mass is 10.2. The van der Waals surface area contributed by atoms with Crippen LogP contribution in [-0.2, 0) is 0 Å². The topological polar surface area (TPSA) is 81.7 Å². The van der Waals surface area contributed by atoms with Crippen molar-refractivity contribution in [3.05, 3.63) is 70.8 Å². The SMILES string of the molecule is N#Cc1ccc(C(=O)SSC(=O)c2ccc(C#N)cc2)cc1. The summed E-state index contributed by atoms with van der Waals surface area (Å²) in [5.41, 5.74) is 1.82. The van der Waals surface area contributed by atoms with E-state index in [0.29, 0.717) is 22.3 Å². The molecule has 106 valence electrons. The van der Waals surface area contributed by atoms with Gasteiger partial charge in [-0.2, -0.15) is 10.5 Å². The van der Waals surface area contributed by atoms with Gasteiger partial charge in [0, 0.05) is 11.1 Å². The summed E-state index contributed by atoms with van der Waals surface area (Å²) < 4.78 is 0. The van der Waals surface area contributed by atoms with Crippen molar-refractivity contribution in [3.63, 3.8) is 0 Å². The normalized spacial score (nSPS) is 9.55. The van der Waals surface area contributed by atoms with E-state index in [1.807, 2.05) is 12.1 Å². The van der Waals surface area contributed by atoms with Crippen molar-refractivity contribution in [2.24, 2.45) is 0 Å². The smallest absolute Gasteiger partial charge is 0.230 e. The summed E-state index contributed by atoms with van der Waals surface area (Å²) >= 11 is 0. The van der Waals surface area contributed by atoms with Crippen LogP contribution in [0.1, 0.15) is 31.8 Å². The van der Waals surface area contributed by atoms with Gasteiger partial charge in [-0.15, -0.1) is 0 Å². The minimum atomic E-state index is -0.253. The van der Waals surface area contributed by atoms with Crippen LogP contribution in [0.5, 0.6) is 0 Å². The summed E-state index contributed by atoms with van der Waals surface area (Å²) in [4.78, 5) is 23.9. The fourth-order valence-electron chi connectivity index (χ4n) is 1.53. The first-order valence-electron chi connectivity index (χ1n) is 6.07. The van der Waals surface area contributed by atoms with Gasteiger partial charge in [0.15, 0.2) is 0 Å². The Bertz CT molecular complexity index is 715. The highest BCUT2D eigenvalue weighted by Crippen LogP contribution is 2.29. The molecule has 6 heteroatoms. The number of carbonyl (C=O) groups excluding carboxylic acids is 2. The Morgan fingerprint density at radius 1 is 0.682 bits per heavy atom. The first kappa shape index (κ1) is 15.8. The molecule has 22 heavy (non-hydrogen) atoms. The third kappa shape index (κ3) is 3.98. The second-order valence-electron chi connectivity index (χ2n) is 4.12. The summed E-state index contributed by atoms with van der Waals surface area (Å²) in [7, 11) is 1.67. The molecule has 0 aromatic heterocycles. The predicted octanol–water partition coefficient (Wildman–Crippen LogP) is 3.79. The largest absolute Gasteiger partial charge is 0.281 e. The van der Waals surface area contributed by atoms with E-state index in [1.165, 1.54) is 0 Å². The number of nitriles is 2.